The molecule has 0 unspecified atom stereocenters. The maximum Gasteiger partial charge on any atom is 0.240 e. The minimum atomic E-state index is -0.00559. The first kappa shape index (κ1) is 20.7. The Balaban J connectivity index is 2.24. The smallest absolute Gasteiger partial charge is 0.240 e. The molecule has 0 radical (unpaired) electrons. The second-order valence-electron chi connectivity index (χ2n) is 6.18. The van der Waals surface area contributed by atoms with E-state index >= 15 is 0 Å². The summed E-state index contributed by atoms with van der Waals surface area (Å²) >= 11 is 6.00. The predicted molar refractivity (Wildman–Crippen MR) is 104 cm³/mol. The van der Waals surface area contributed by atoms with E-state index in [1.54, 1.807) is 0 Å². The van der Waals surface area contributed by atoms with E-state index in [4.69, 9.17) is 11.6 Å². The Morgan fingerprint density at radius 2 is 1.71 bits per heavy atom. The van der Waals surface area contributed by atoms with Crippen molar-refractivity contribution in [2.24, 2.45) is 5.10 Å². The van der Waals surface area contributed by atoms with Crippen LogP contribution in [0.25, 0.3) is 0 Å². The Hall–Kier alpha value is -1.35. The number of hydrogen-bond acceptors (Lipinski definition) is 2. The molecule has 0 atom stereocenters. The van der Waals surface area contributed by atoms with Gasteiger partial charge in [-0.05, 0) is 30.5 Å². The molecule has 1 amide bonds. The van der Waals surface area contributed by atoms with Crippen molar-refractivity contribution in [3.8, 4) is 0 Å². The van der Waals surface area contributed by atoms with E-state index in [0.29, 0.717) is 11.4 Å². The fourth-order valence-corrected chi connectivity index (χ4v) is 2.81. The Kier molecular flexibility index (Phi) is 11.2. The molecule has 0 aliphatic heterocycles. The molecule has 0 aliphatic carbocycles. The van der Waals surface area contributed by atoms with Gasteiger partial charge in [-0.3, -0.25) is 4.79 Å². The molecule has 0 spiro atoms. The molecule has 134 valence electrons. The van der Waals surface area contributed by atoms with Gasteiger partial charge in [-0.1, -0.05) is 82.5 Å². The average molecular weight is 351 g/mol. The normalized spacial score (nSPS) is 11.5. The highest BCUT2D eigenvalue weighted by molar-refractivity contribution is 6.31. The Morgan fingerprint density at radius 1 is 1.04 bits per heavy atom. The number of carbonyl (C=O) groups excluding carboxylic acids is 1. The van der Waals surface area contributed by atoms with Gasteiger partial charge >= 0.3 is 0 Å². The predicted octanol–water partition coefficient (Wildman–Crippen LogP) is 6.10. The Bertz CT molecular complexity index is 514. The first-order valence-corrected chi connectivity index (χ1v) is 9.66. The maximum absolute atomic E-state index is 11.9. The van der Waals surface area contributed by atoms with Gasteiger partial charge in [0.25, 0.3) is 0 Å². The van der Waals surface area contributed by atoms with Crippen LogP contribution in [-0.2, 0) is 4.79 Å². The third-order valence-electron chi connectivity index (χ3n) is 4.07. The number of amides is 1. The standard InChI is InChI=1S/C20H31ClN2O/c1-3-5-6-7-8-9-10-11-15-20(24)23-22-19(4-2)17-13-12-14-18(21)16-17/h12-14,16H,3-11,15H2,1-2H3,(H,23,24). The van der Waals surface area contributed by atoms with Crippen LogP contribution in [0.5, 0.6) is 0 Å². The summed E-state index contributed by atoms with van der Waals surface area (Å²) in [7, 11) is 0. The van der Waals surface area contributed by atoms with Crippen LogP contribution < -0.4 is 5.43 Å². The number of rotatable bonds is 12. The van der Waals surface area contributed by atoms with Gasteiger partial charge < -0.3 is 0 Å². The van der Waals surface area contributed by atoms with Crippen LogP contribution in [0.2, 0.25) is 5.02 Å². The zero-order valence-corrected chi connectivity index (χ0v) is 15.9. The van der Waals surface area contributed by atoms with Gasteiger partial charge in [0.1, 0.15) is 0 Å². The average Bonchev–Trinajstić information content (AvgIpc) is 2.58. The van der Waals surface area contributed by atoms with Crippen LogP contribution >= 0.6 is 11.6 Å². The van der Waals surface area contributed by atoms with E-state index in [1.165, 1.54) is 38.5 Å². The summed E-state index contributed by atoms with van der Waals surface area (Å²) in [5.74, 6) is -0.00559. The lowest BCUT2D eigenvalue weighted by Crippen LogP contribution is -2.19. The molecular formula is C20H31ClN2O. The van der Waals surface area contributed by atoms with Gasteiger partial charge in [-0.25, -0.2) is 5.43 Å². The highest BCUT2D eigenvalue weighted by Crippen LogP contribution is 2.13. The van der Waals surface area contributed by atoms with E-state index in [-0.39, 0.29) is 5.91 Å². The van der Waals surface area contributed by atoms with Crippen molar-refractivity contribution < 1.29 is 4.79 Å². The first-order valence-electron chi connectivity index (χ1n) is 9.28. The second kappa shape index (κ2) is 13.0. The number of unbranched alkanes of at least 4 members (excludes halogenated alkanes) is 7. The lowest BCUT2D eigenvalue weighted by atomic mass is 10.1. The fraction of sp³-hybridized carbons (Fsp3) is 0.600. The second-order valence-corrected chi connectivity index (χ2v) is 6.62. The molecule has 0 saturated heterocycles. The zero-order valence-electron chi connectivity index (χ0n) is 15.1. The summed E-state index contributed by atoms with van der Waals surface area (Å²) in [5, 5.41) is 4.94. The molecule has 1 aromatic rings. The first-order chi connectivity index (χ1) is 11.7. The van der Waals surface area contributed by atoms with Crippen LogP contribution in [0.4, 0.5) is 0 Å². The van der Waals surface area contributed by atoms with Crippen molar-refractivity contribution in [3.63, 3.8) is 0 Å². The summed E-state index contributed by atoms with van der Waals surface area (Å²) in [6, 6.07) is 7.55. The molecule has 0 bridgehead atoms. The molecule has 0 heterocycles. The topological polar surface area (TPSA) is 41.5 Å². The van der Waals surface area contributed by atoms with Crippen LogP contribution in [-0.4, -0.2) is 11.6 Å². The van der Waals surface area contributed by atoms with E-state index < -0.39 is 0 Å². The van der Waals surface area contributed by atoms with E-state index in [1.807, 2.05) is 31.2 Å². The largest absolute Gasteiger partial charge is 0.273 e. The third-order valence-corrected chi connectivity index (χ3v) is 4.30. The number of halogens is 1. The van der Waals surface area contributed by atoms with Gasteiger partial charge in [0.05, 0.1) is 5.71 Å². The summed E-state index contributed by atoms with van der Waals surface area (Å²) in [4.78, 5) is 11.9. The molecule has 1 rings (SSSR count). The van der Waals surface area contributed by atoms with Gasteiger partial charge in [0.15, 0.2) is 0 Å². The highest BCUT2D eigenvalue weighted by Gasteiger charge is 2.04. The van der Waals surface area contributed by atoms with E-state index in [2.05, 4.69) is 17.5 Å². The molecule has 0 fully saturated rings. The number of nitrogens with zero attached hydrogens (tertiary/aromatic N) is 1. The van der Waals surface area contributed by atoms with Crippen molar-refractivity contribution in [2.75, 3.05) is 0 Å². The van der Waals surface area contributed by atoms with Gasteiger partial charge in [-0.2, -0.15) is 5.10 Å². The SMILES string of the molecule is CCCCCCCCCCC(=O)NN=C(CC)c1cccc(Cl)c1. The number of hydrogen-bond donors (Lipinski definition) is 1. The number of benzene rings is 1. The molecule has 1 N–H and O–H groups in total. The minimum absolute atomic E-state index is 0.00559. The molecule has 3 nitrogen and oxygen atoms in total. The van der Waals surface area contributed by atoms with Crippen molar-refractivity contribution in [1.82, 2.24) is 5.43 Å². The molecule has 0 saturated carbocycles. The lowest BCUT2D eigenvalue weighted by Gasteiger charge is -2.06. The molecule has 24 heavy (non-hydrogen) atoms. The Morgan fingerprint density at radius 3 is 2.33 bits per heavy atom. The van der Waals surface area contributed by atoms with E-state index in [9.17, 15) is 4.79 Å². The quantitative estimate of drug-likeness (QED) is 0.276. The number of carbonyl (C=O) groups is 1. The summed E-state index contributed by atoms with van der Waals surface area (Å²) in [5.41, 5.74) is 4.48. The number of nitrogens with one attached hydrogen (secondary N) is 1. The van der Waals surface area contributed by atoms with Gasteiger partial charge in [0.2, 0.25) is 5.91 Å². The molecule has 0 aromatic heterocycles. The summed E-state index contributed by atoms with van der Waals surface area (Å²) in [6.07, 6.45) is 11.2. The fourth-order valence-electron chi connectivity index (χ4n) is 2.62. The molecule has 1 aromatic carbocycles. The Labute approximate surface area is 151 Å². The minimum Gasteiger partial charge on any atom is -0.273 e. The molecular weight excluding hydrogens is 320 g/mol. The van der Waals surface area contributed by atoms with Gasteiger partial charge in [0, 0.05) is 11.4 Å². The lowest BCUT2D eigenvalue weighted by molar-refractivity contribution is -0.121. The van der Waals surface area contributed by atoms with Crippen molar-refractivity contribution >= 4 is 23.2 Å². The van der Waals surface area contributed by atoms with Crippen LogP contribution in [0, 0.1) is 0 Å². The monoisotopic (exact) mass is 350 g/mol. The van der Waals surface area contributed by atoms with E-state index in [0.717, 1.165) is 30.5 Å². The third kappa shape index (κ3) is 9.07. The zero-order chi connectivity index (χ0) is 17.6. The van der Waals surface area contributed by atoms with Crippen LogP contribution in [0.15, 0.2) is 29.4 Å². The molecule has 0 aliphatic rings. The van der Waals surface area contributed by atoms with Crippen LogP contribution in [0.1, 0.15) is 83.6 Å². The number of hydrazone groups is 1. The summed E-state index contributed by atoms with van der Waals surface area (Å²) < 4.78 is 0. The maximum atomic E-state index is 11.9. The van der Waals surface area contributed by atoms with Crippen molar-refractivity contribution in [2.45, 2.75) is 78.1 Å². The molecule has 4 heteroatoms. The van der Waals surface area contributed by atoms with Gasteiger partial charge in [-0.15, -0.1) is 0 Å². The summed E-state index contributed by atoms with van der Waals surface area (Å²) in [6.45, 7) is 4.25. The van der Waals surface area contributed by atoms with Crippen LogP contribution in [0.3, 0.4) is 0 Å². The van der Waals surface area contributed by atoms with Crippen molar-refractivity contribution in [3.05, 3.63) is 34.9 Å². The highest BCUT2D eigenvalue weighted by atomic mass is 35.5. The van der Waals surface area contributed by atoms with Crippen molar-refractivity contribution in [1.29, 1.82) is 0 Å².